The second-order valence-electron chi connectivity index (χ2n) is 7.73. The Morgan fingerprint density at radius 3 is 2.67 bits per heavy atom. The van der Waals surface area contributed by atoms with Crippen molar-refractivity contribution in [3.05, 3.63) is 66.5 Å². The van der Waals surface area contributed by atoms with Crippen LogP contribution in [0.15, 0.2) is 65.3 Å². The fourth-order valence-electron chi connectivity index (χ4n) is 3.47. The van der Waals surface area contributed by atoms with E-state index in [1.807, 2.05) is 67.7 Å². The van der Waals surface area contributed by atoms with Crippen LogP contribution in [0.4, 0.5) is 23.1 Å². The fraction of sp³-hybridized carbons (Fsp3) is 0.208. The molecule has 1 aliphatic rings. The molecule has 4 aromatic rings. The number of nitrogens with one attached hydrogen (secondary N) is 2. The summed E-state index contributed by atoms with van der Waals surface area (Å²) >= 11 is 0. The number of nitrogens with zero attached hydrogens (tertiary/aromatic N) is 4. The van der Waals surface area contributed by atoms with Gasteiger partial charge in [0.05, 0.1) is 5.56 Å². The highest BCUT2D eigenvalue weighted by atomic mass is 16.6. The molecule has 0 fully saturated rings. The third-order valence-electron chi connectivity index (χ3n) is 5.17. The number of benzene rings is 2. The third-order valence-corrected chi connectivity index (χ3v) is 5.17. The van der Waals surface area contributed by atoms with Crippen LogP contribution in [0.25, 0.3) is 11.5 Å². The lowest BCUT2D eigenvalue weighted by molar-refractivity contribution is 0.171. The molecule has 3 heterocycles. The van der Waals surface area contributed by atoms with Crippen LogP contribution in [-0.4, -0.2) is 42.5 Å². The average molecular weight is 444 g/mol. The summed E-state index contributed by atoms with van der Waals surface area (Å²) in [5, 5.41) is 15.0. The van der Waals surface area contributed by atoms with E-state index >= 15 is 0 Å². The van der Waals surface area contributed by atoms with Gasteiger partial charge in [-0.3, -0.25) is 4.98 Å². The number of aromatic nitrogens is 3. The molecule has 0 radical (unpaired) electrons. The minimum atomic E-state index is 0.288. The molecule has 5 rings (SSSR count). The molecular formula is C24H24N6O3. The summed E-state index contributed by atoms with van der Waals surface area (Å²) in [7, 11) is 4.00. The summed E-state index contributed by atoms with van der Waals surface area (Å²) in [5.41, 5.74) is 4.60. The van der Waals surface area contributed by atoms with Crippen LogP contribution in [0.1, 0.15) is 5.56 Å². The summed E-state index contributed by atoms with van der Waals surface area (Å²) in [6, 6.07) is 15.9. The zero-order valence-corrected chi connectivity index (χ0v) is 18.4. The van der Waals surface area contributed by atoms with Crippen LogP contribution in [0.3, 0.4) is 0 Å². The SMILES string of the molecule is CN(C)c1ccc(-c2nnc(Nc3ccc4c(c3)OCCO4)o2)c(NCc2cccnc2)c1. The summed E-state index contributed by atoms with van der Waals surface area (Å²) in [6.45, 7) is 1.70. The zero-order chi connectivity index (χ0) is 22.6. The number of hydrogen-bond donors (Lipinski definition) is 2. The lowest BCUT2D eigenvalue weighted by Gasteiger charge is -2.18. The van der Waals surface area contributed by atoms with E-state index in [4.69, 9.17) is 13.9 Å². The van der Waals surface area contributed by atoms with E-state index in [1.54, 1.807) is 6.20 Å². The van der Waals surface area contributed by atoms with Gasteiger partial charge in [0.2, 0.25) is 0 Å². The highest BCUT2D eigenvalue weighted by Gasteiger charge is 2.16. The van der Waals surface area contributed by atoms with Gasteiger partial charge in [-0.25, -0.2) is 0 Å². The van der Waals surface area contributed by atoms with Crippen LogP contribution in [0.2, 0.25) is 0 Å². The van der Waals surface area contributed by atoms with E-state index < -0.39 is 0 Å². The van der Waals surface area contributed by atoms with Crippen LogP contribution in [0, 0.1) is 0 Å². The number of anilines is 4. The molecule has 0 unspecified atom stereocenters. The Kier molecular flexibility index (Phi) is 5.67. The van der Waals surface area contributed by atoms with Crippen molar-refractivity contribution in [3.63, 3.8) is 0 Å². The lowest BCUT2D eigenvalue weighted by atomic mass is 10.1. The summed E-state index contributed by atoms with van der Waals surface area (Å²) in [5.74, 6) is 1.82. The normalized spacial score (nSPS) is 12.3. The number of hydrogen-bond acceptors (Lipinski definition) is 9. The van der Waals surface area contributed by atoms with E-state index in [0.717, 1.165) is 33.9 Å². The van der Waals surface area contributed by atoms with Gasteiger partial charge in [-0.1, -0.05) is 11.2 Å². The summed E-state index contributed by atoms with van der Waals surface area (Å²) in [6.07, 6.45) is 3.60. The molecule has 0 aliphatic carbocycles. The molecule has 2 N–H and O–H groups in total. The molecule has 0 spiro atoms. The molecule has 9 heteroatoms. The minimum absolute atomic E-state index is 0.288. The van der Waals surface area contributed by atoms with Crippen LogP contribution < -0.4 is 25.0 Å². The molecular weight excluding hydrogens is 420 g/mol. The molecule has 2 aromatic carbocycles. The van der Waals surface area contributed by atoms with Gasteiger partial charge in [-0.15, -0.1) is 5.10 Å². The second-order valence-corrected chi connectivity index (χ2v) is 7.73. The van der Waals surface area contributed by atoms with Crippen molar-refractivity contribution in [3.8, 4) is 23.0 Å². The quantitative estimate of drug-likeness (QED) is 0.432. The van der Waals surface area contributed by atoms with E-state index in [9.17, 15) is 0 Å². The monoisotopic (exact) mass is 444 g/mol. The van der Waals surface area contributed by atoms with Crippen LogP contribution in [0.5, 0.6) is 11.5 Å². The van der Waals surface area contributed by atoms with E-state index in [-0.39, 0.29) is 6.01 Å². The Morgan fingerprint density at radius 2 is 1.85 bits per heavy atom. The molecule has 9 nitrogen and oxygen atoms in total. The second kappa shape index (κ2) is 9.07. The predicted molar refractivity (Wildman–Crippen MR) is 126 cm³/mol. The minimum Gasteiger partial charge on any atom is -0.486 e. The van der Waals surface area contributed by atoms with Crippen molar-refractivity contribution in [2.24, 2.45) is 0 Å². The molecule has 1 aliphatic heterocycles. The van der Waals surface area contributed by atoms with Gasteiger partial charge in [0.25, 0.3) is 5.89 Å². The van der Waals surface area contributed by atoms with Gasteiger partial charge < -0.3 is 29.4 Å². The molecule has 0 saturated heterocycles. The molecule has 0 bridgehead atoms. The van der Waals surface area contributed by atoms with Gasteiger partial charge in [0.1, 0.15) is 13.2 Å². The Bertz CT molecular complexity index is 1240. The van der Waals surface area contributed by atoms with Crippen molar-refractivity contribution in [2.75, 3.05) is 42.8 Å². The van der Waals surface area contributed by atoms with E-state index in [1.165, 1.54) is 0 Å². The predicted octanol–water partition coefficient (Wildman–Crippen LogP) is 4.32. The number of ether oxygens (including phenoxy) is 2. The largest absolute Gasteiger partial charge is 0.486 e. The van der Waals surface area contributed by atoms with Crippen LogP contribution in [-0.2, 0) is 6.54 Å². The fourth-order valence-corrected chi connectivity index (χ4v) is 3.47. The topological polar surface area (TPSA) is 97.6 Å². The Labute approximate surface area is 191 Å². The first-order valence-electron chi connectivity index (χ1n) is 10.6. The van der Waals surface area contributed by atoms with Crippen molar-refractivity contribution in [2.45, 2.75) is 6.54 Å². The molecule has 2 aromatic heterocycles. The highest BCUT2D eigenvalue weighted by Crippen LogP contribution is 2.35. The molecule has 168 valence electrons. The highest BCUT2D eigenvalue weighted by molar-refractivity contribution is 5.77. The average Bonchev–Trinajstić information content (AvgIpc) is 3.31. The third kappa shape index (κ3) is 4.67. The maximum atomic E-state index is 5.94. The van der Waals surface area contributed by atoms with Crippen molar-refractivity contribution >= 4 is 23.1 Å². The maximum Gasteiger partial charge on any atom is 0.320 e. The van der Waals surface area contributed by atoms with Gasteiger partial charge in [-0.2, -0.15) is 0 Å². The van der Waals surface area contributed by atoms with Gasteiger partial charge in [-0.05, 0) is 42.0 Å². The Balaban J connectivity index is 1.38. The maximum absolute atomic E-state index is 5.94. The smallest absolute Gasteiger partial charge is 0.320 e. The number of pyridine rings is 1. The van der Waals surface area contributed by atoms with E-state index in [0.29, 0.717) is 31.4 Å². The Morgan fingerprint density at radius 1 is 0.970 bits per heavy atom. The molecule has 0 amide bonds. The molecule has 0 atom stereocenters. The number of rotatable bonds is 7. The number of fused-ring (bicyclic) bond motifs is 1. The van der Waals surface area contributed by atoms with Gasteiger partial charge in [0.15, 0.2) is 11.5 Å². The molecule has 33 heavy (non-hydrogen) atoms. The first-order chi connectivity index (χ1) is 16.2. The first kappa shape index (κ1) is 20.6. The van der Waals surface area contributed by atoms with Crippen molar-refractivity contribution in [1.82, 2.24) is 15.2 Å². The molecule has 0 saturated carbocycles. The van der Waals surface area contributed by atoms with Gasteiger partial charge >= 0.3 is 6.01 Å². The summed E-state index contributed by atoms with van der Waals surface area (Å²) in [4.78, 5) is 6.22. The lowest BCUT2D eigenvalue weighted by Crippen LogP contribution is -2.15. The Hall–Kier alpha value is -4.27. The van der Waals surface area contributed by atoms with E-state index in [2.05, 4.69) is 31.9 Å². The van der Waals surface area contributed by atoms with Crippen LogP contribution >= 0.6 is 0 Å². The standard InChI is InChI=1S/C24H24N6O3/c1-30(2)18-6-7-19(20(13-18)26-15-16-4-3-9-25-14-16)23-28-29-24(33-23)27-17-5-8-21-22(12-17)32-11-10-31-21/h3-9,12-14,26H,10-11,15H2,1-2H3,(H,27,29). The summed E-state index contributed by atoms with van der Waals surface area (Å²) < 4.78 is 17.1. The van der Waals surface area contributed by atoms with Crippen molar-refractivity contribution in [1.29, 1.82) is 0 Å². The van der Waals surface area contributed by atoms with Gasteiger partial charge in [0, 0.05) is 56.2 Å². The van der Waals surface area contributed by atoms with Crippen molar-refractivity contribution < 1.29 is 13.9 Å². The zero-order valence-electron chi connectivity index (χ0n) is 18.4. The first-order valence-corrected chi connectivity index (χ1v) is 10.6.